The van der Waals surface area contributed by atoms with Crippen molar-refractivity contribution >= 4 is 12.1 Å². The number of nitrogens with one attached hydrogen (secondary N) is 1. The molecule has 1 aromatic heterocycles. The summed E-state index contributed by atoms with van der Waals surface area (Å²) in [7, 11) is 4.08. The predicted octanol–water partition coefficient (Wildman–Crippen LogP) is 2.18. The van der Waals surface area contributed by atoms with Crippen LogP contribution in [-0.2, 0) is 0 Å². The van der Waals surface area contributed by atoms with Gasteiger partial charge in [-0.1, -0.05) is 6.07 Å². The van der Waals surface area contributed by atoms with Crippen molar-refractivity contribution in [1.82, 2.24) is 15.3 Å². The Morgan fingerprint density at radius 2 is 2.04 bits per heavy atom. The minimum absolute atomic E-state index is 0.330. The molecule has 0 radical (unpaired) electrons. The highest BCUT2D eigenvalue weighted by Gasteiger charge is 2.03. The largest absolute Gasteiger partial charge is 0.494 e. The summed E-state index contributed by atoms with van der Waals surface area (Å²) in [6, 6.07) is 12.7. The highest BCUT2D eigenvalue weighted by atomic mass is 16.5. The molecule has 6 heteroatoms. The zero-order valence-electron chi connectivity index (χ0n) is 14.0. The minimum atomic E-state index is -0.340. The number of hydrogen-bond acceptors (Lipinski definition) is 5. The van der Waals surface area contributed by atoms with E-state index in [1.165, 1.54) is 0 Å². The van der Waals surface area contributed by atoms with Crippen molar-refractivity contribution in [2.45, 2.75) is 6.42 Å². The summed E-state index contributed by atoms with van der Waals surface area (Å²) in [4.78, 5) is 17.9. The van der Waals surface area contributed by atoms with Crippen molar-refractivity contribution in [1.29, 1.82) is 0 Å². The van der Waals surface area contributed by atoms with Gasteiger partial charge in [-0.3, -0.25) is 9.78 Å². The molecule has 2 aromatic rings. The molecule has 0 aliphatic heterocycles. The van der Waals surface area contributed by atoms with Gasteiger partial charge in [0.05, 0.1) is 12.8 Å². The first-order valence-corrected chi connectivity index (χ1v) is 7.77. The van der Waals surface area contributed by atoms with Crippen molar-refractivity contribution in [2.24, 2.45) is 5.10 Å². The summed E-state index contributed by atoms with van der Waals surface area (Å²) in [6.07, 6.45) is 4.13. The number of carbonyl (C=O) groups excluding carboxylic acids is 1. The number of nitrogens with zero attached hydrogens (tertiary/aromatic N) is 3. The van der Waals surface area contributed by atoms with Gasteiger partial charge >= 0.3 is 0 Å². The molecule has 6 nitrogen and oxygen atoms in total. The third-order valence-electron chi connectivity index (χ3n) is 3.18. The van der Waals surface area contributed by atoms with Gasteiger partial charge in [0, 0.05) is 12.7 Å². The molecule has 0 unspecified atom stereocenters. The summed E-state index contributed by atoms with van der Waals surface area (Å²) < 4.78 is 5.66. The first kappa shape index (κ1) is 17.6. The summed E-state index contributed by atoms with van der Waals surface area (Å²) in [5, 5.41) is 3.93. The van der Waals surface area contributed by atoms with Crippen molar-refractivity contribution in [3.8, 4) is 5.75 Å². The lowest BCUT2D eigenvalue weighted by Gasteiger charge is -2.10. The molecule has 126 valence electrons. The monoisotopic (exact) mass is 326 g/mol. The first-order chi connectivity index (χ1) is 11.6. The van der Waals surface area contributed by atoms with Gasteiger partial charge < -0.3 is 9.64 Å². The van der Waals surface area contributed by atoms with Crippen molar-refractivity contribution in [3.05, 3.63) is 59.9 Å². The molecule has 0 aliphatic rings. The smallest absolute Gasteiger partial charge is 0.289 e. The average molecular weight is 326 g/mol. The van der Waals surface area contributed by atoms with Crippen LogP contribution in [0.1, 0.15) is 22.5 Å². The lowest BCUT2D eigenvalue weighted by Crippen LogP contribution is -2.18. The van der Waals surface area contributed by atoms with Crippen LogP contribution < -0.4 is 10.2 Å². The fourth-order valence-electron chi connectivity index (χ4n) is 1.94. The molecule has 24 heavy (non-hydrogen) atoms. The molecule has 2 rings (SSSR count). The molecule has 1 heterocycles. The van der Waals surface area contributed by atoms with E-state index in [-0.39, 0.29) is 5.91 Å². The zero-order valence-corrected chi connectivity index (χ0v) is 14.0. The standard InChI is InChI=1S/C18H22N4O2/c1-22(2)12-5-13-24-16-9-7-15(8-10-16)14-20-21-18(23)17-6-3-4-11-19-17/h3-4,6-11,14H,5,12-13H2,1-2H3,(H,21,23)/b20-14+. The van der Waals surface area contributed by atoms with E-state index in [1.807, 2.05) is 38.4 Å². The molecule has 1 aromatic carbocycles. The lowest BCUT2D eigenvalue weighted by molar-refractivity contribution is 0.0950. The Bertz CT molecular complexity index is 654. The maximum absolute atomic E-state index is 11.8. The molecule has 0 saturated carbocycles. The van der Waals surface area contributed by atoms with Gasteiger partial charge in [-0.2, -0.15) is 5.10 Å². The molecule has 0 aliphatic carbocycles. The Hall–Kier alpha value is -2.73. The van der Waals surface area contributed by atoms with Gasteiger partial charge in [-0.25, -0.2) is 5.43 Å². The zero-order chi connectivity index (χ0) is 17.2. The number of carbonyl (C=O) groups is 1. The lowest BCUT2D eigenvalue weighted by atomic mass is 10.2. The number of ether oxygens (including phenoxy) is 1. The van der Waals surface area contributed by atoms with E-state index in [2.05, 4.69) is 20.4 Å². The summed E-state index contributed by atoms with van der Waals surface area (Å²) in [5.74, 6) is 0.483. The molecular formula is C18H22N4O2. The average Bonchev–Trinajstić information content (AvgIpc) is 2.60. The molecule has 0 saturated heterocycles. The Morgan fingerprint density at radius 3 is 2.71 bits per heavy atom. The highest BCUT2D eigenvalue weighted by Crippen LogP contribution is 2.11. The van der Waals surface area contributed by atoms with Crippen LogP contribution in [-0.4, -0.2) is 49.3 Å². The second-order valence-electron chi connectivity index (χ2n) is 5.49. The van der Waals surface area contributed by atoms with E-state index in [1.54, 1.807) is 30.6 Å². The molecule has 0 bridgehead atoms. The van der Waals surface area contributed by atoms with Crippen LogP contribution in [0.4, 0.5) is 0 Å². The van der Waals surface area contributed by atoms with Crippen LogP contribution in [0.15, 0.2) is 53.8 Å². The third kappa shape index (κ3) is 6.18. The minimum Gasteiger partial charge on any atom is -0.494 e. The van der Waals surface area contributed by atoms with E-state index in [0.29, 0.717) is 12.3 Å². The molecular weight excluding hydrogens is 304 g/mol. The summed E-state index contributed by atoms with van der Waals surface area (Å²) >= 11 is 0. The van der Waals surface area contributed by atoms with Gasteiger partial charge in [0.2, 0.25) is 0 Å². The normalized spacial score (nSPS) is 11.0. The van der Waals surface area contributed by atoms with Gasteiger partial charge in [-0.05, 0) is 62.5 Å². The Balaban J connectivity index is 1.78. The van der Waals surface area contributed by atoms with Gasteiger partial charge in [0.25, 0.3) is 5.91 Å². The van der Waals surface area contributed by atoms with Gasteiger partial charge in [0.1, 0.15) is 11.4 Å². The number of pyridine rings is 1. The van der Waals surface area contributed by atoms with Crippen molar-refractivity contribution in [2.75, 3.05) is 27.2 Å². The molecule has 1 N–H and O–H groups in total. The Morgan fingerprint density at radius 1 is 1.25 bits per heavy atom. The first-order valence-electron chi connectivity index (χ1n) is 7.77. The van der Waals surface area contributed by atoms with Crippen LogP contribution in [0.5, 0.6) is 5.75 Å². The SMILES string of the molecule is CN(C)CCCOc1ccc(/C=N/NC(=O)c2ccccn2)cc1. The maximum Gasteiger partial charge on any atom is 0.289 e. The van der Waals surface area contributed by atoms with Crippen molar-refractivity contribution < 1.29 is 9.53 Å². The molecule has 0 fully saturated rings. The van der Waals surface area contributed by atoms with E-state index in [0.717, 1.165) is 24.3 Å². The van der Waals surface area contributed by atoms with Crippen LogP contribution in [0.3, 0.4) is 0 Å². The van der Waals surface area contributed by atoms with Gasteiger partial charge in [0.15, 0.2) is 0 Å². The van der Waals surface area contributed by atoms with Gasteiger partial charge in [-0.15, -0.1) is 0 Å². The molecule has 0 atom stereocenters. The number of aromatic nitrogens is 1. The van der Waals surface area contributed by atoms with E-state index >= 15 is 0 Å². The van der Waals surface area contributed by atoms with Crippen LogP contribution in [0.25, 0.3) is 0 Å². The Kier molecular flexibility index (Phi) is 6.91. The van der Waals surface area contributed by atoms with Crippen molar-refractivity contribution in [3.63, 3.8) is 0 Å². The fraction of sp³-hybridized carbons (Fsp3) is 0.278. The second kappa shape index (κ2) is 9.42. The second-order valence-corrected chi connectivity index (χ2v) is 5.49. The van der Waals surface area contributed by atoms with E-state index in [4.69, 9.17) is 4.74 Å². The highest BCUT2D eigenvalue weighted by molar-refractivity contribution is 5.93. The Labute approximate surface area is 142 Å². The maximum atomic E-state index is 11.8. The molecule has 1 amide bonds. The number of benzene rings is 1. The number of amides is 1. The van der Waals surface area contributed by atoms with E-state index in [9.17, 15) is 4.79 Å². The summed E-state index contributed by atoms with van der Waals surface area (Å²) in [6.45, 7) is 1.69. The number of rotatable bonds is 8. The predicted molar refractivity (Wildman–Crippen MR) is 94.4 cm³/mol. The third-order valence-corrected chi connectivity index (χ3v) is 3.18. The van der Waals surface area contributed by atoms with Crippen LogP contribution in [0, 0.1) is 0 Å². The van der Waals surface area contributed by atoms with E-state index < -0.39 is 0 Å². The van der Waals surface area contributed by atoms with Crippen LogP contribution in [0.2, 0.25) is 0 Å². The molecule has 0 spiro atoms. The summed E-state index contributed by atoms with van der Waals surface area (Å²) in [5.41, 5.74) is 3.65. The number of hydrogen-bond donors (Lipinski definition) is 1. The topological polar surface area (TPSA) is 66.8 Å². The van der Waals surface area contributed by atoms with Crippen LogP contribution >= 0.6 is 0 Å². The fourth-order valence-corrected chi connectivity index (χ4v) is 1.94. The quantitative estimate of drug-likeness (QED) is 0.459. The number of hydrazone groups is 1.